The van der Waals surface area contributed by atoms with E-state index in [-0.39, 0.29) is 18.4 Å². The van der Waals surface area contributed by atoms with Crippen LogP contribution < -0.4 is 5.73 Å². The molecule has 1 unspecified atom stereocenters. The van der Waals surface area contributed by atoms with Crippen molar-refractivity contribution in [3.8, 4) is 0 Å². The van der Waals surface area contributed by atoms with E-state index in [9.17, 15) is 8.42 Å². The Morgan fingerprint density at radius 2 is 1.95 bits per heavy atom. The van der Waals surface area contributed by atoms with Gasteiger partial charge in [-0.05, 0) is 6.42 Å². The summed E-state index contributed by atoms with van der Waals surface area (Å²) in [5.41, 5.74) is 5.71. The molecule has 19 heavy (non-hydrogen) atoms. The first-order valence-corrected chi connectivity index (χ1v) is 8.44. The van der Waals surface area contributed by atoms with Gasteiger partial charge in [0.25, 0.3) is 0 Å². The number of hydrogen-bond acceptors (Lipinski definition) is 5. The van der Waals surface area contributed by atoms with E-state index in [4.69, 9.17) is 22.7 Å². The predicted molar refractivity (Wildman–Crippen MR) is 79.7 cm³/mol. The fourth-order valence-electron chi connectivity index (χ4n) is 2.25. The minimum absolute atomic E-state index is 0.0377. The highest BCUT2D eigenvalue weighted by Gasteiger charge is 2.29. The number of thiocarbonyl (C=S) groups is 1. The van der Waals surface area contributed by atoms with Crippen LogP contribution >= 0.6 is 12.2 Å². The molecule has 1 fully saturated rings. The molecule has 0 aromatic carbocycles. The van der Waals surface area contributed by atoms with Gasteiger partial charge in [0.15, 0.2) is 0 Å². The number of methoxy groups -OCH3 is 1. The Morgan fingerprint density at radius 1 is 1.37 bits per heavy atom. The van der Waals surface area contributed by atoms with Crippen molar-refractivity contribution in [1.82, 2.24) is 9.21 Å². The normalized spacial score (nSPS) is 20.3. The Hall–Kier alpha value is -0.280. The van der Waals surface area contributed by atoms with Crippen LogP contribution in [-0.4, -0.2) is 74.3 Å². The van der Waals surface area contributed by atoms with Crippen LogP contribution in [0.4, 0.5) is 0 Å². The third-order valence-electron chi connectivity index (χ3n) is 3.37. The molecule has 112 valence electrons. The van der Waals surface area contributed by atoms with E-state index in [1.807, 2.05) is 6.92 Å². The van der Waals surface area contributed by atoms with E-state index in [1.54, 1.807) is 0 Å². The van der Waals surface area contributed by atoms with Crippen LogP contribution in [0.1, 0.15) is 13.3 Å². The first-order chi connectivity index (χ1) is 8.92. The summed E-state index contributed by atoms with van der Waals surface area (Å²) in [6.45, 7) is 4.58. The monoisotopic (exact) mass is 309 g/mol. The largest absolute Gasteiger partial charge is 0.392 e. The van der Waals surface area contributed by atoms with Crippen molar-refractivity contribution in [1.29, 1.82) is 0 Å². The molecule has 1 heterocycles. The van der Waals surface area contributed by atoms with Gasteiger partial charge in [0.05, 0.1) is 23.4 Å². The van der Waals surface area contributed by atoms with E-state index in [1.165, 1.54) is 11.4 Å². The summed E-state index contributed by atoms with van der Waals surface area (Å²) in [6, 6.07) is 0.0684. The molecule has 0 spiro atoms. The molecule has 6 nitrogen and oxygen atoms in total. The van der Waals surface area contributed by atoms with Gasteiger partial charge >= 0.3 is 0 Å². The molecule has 0 radical (unpaired) electrons. The molecule has 0 aliphatic carbocycles. The highest BCUT2D eigenvalue weighted by Crippen LogP contribution is 2.13. The lowest BCUT2D eigenvalue weighted by Crippen LogP contribution is -2.55. The van der Waals surface area contributed by atoms with Gasteiger partial charge in [-0.25, -0.2) is 8.42 Å². The van der Waals surface area contributed by atoms with Gasteiger partial charge in [0, 0.05) is 33.3 Å². The molecule has 1 rings (SSSR count). The maximum atomic E-state index is 12.0. The average molecular weight is 309 g/mol. The highest BCUT2D eigenvalue weighted by atomic mass is 32.2. The van der Waals surface area contributed by atoms with Crippen molar-refractivity contribution >= 4 is 27.2 Å². The maximum Gasteiger partial charge on any atom is 0.216 e. The van der Waals surface area contributed by atoms with Crippen molar-refractivity contribution < 1.29 is 13.2 Å². The summed E-state index contributed by atoms with van der Waals surface area (Å²) >= 11 is 5.04. The summed E-state index contributed by atoms with van der Waals surface area (Å²) in [4.78, 5) is 2.64. The van der Waals surface area contributed by atoms with Crippen LogP contribution in [0.5, 0.6) is 0 Å². The smallest absolute Gasteiger partial charge is 0.216 e. The first kappa shape index (κ1) is 16.8. The molecule has 8 heteroatoms. The second-order valence-corrected chi connectivity index (χ2v) is 7.13. The van der Waals surface area contributed by atoms with Crippen LogP contribution in [0.15, 0.2) is 0 Å². The molecule has 1 saturated heterocycles. The molecule has 0 amide bonds. The van der Waals surface area contributed by atoms with Gasteiger partial charge in [0.1, 0.15) is 0 Å². The van der Waals surface area contributed by atoms with Gasteiger partial charge in [-0.1, -0.05) is 19.1 Å². The summed E-state index contributed by atoms with van der Waals surface area (Å²) in [5, 5.41) is 0. The lowest BCUT2D eigenvalue weighted by Gasteiger charge is -2.38. The molecule has 0 aromatic heterocycles. The van der Waals surface area contributed by atoms with Crippen LogP contribution in [0.3, 0.4) is 0 Å². The van der Waals surface area contributed by atoms with Crippen LogP contribution in [0.2, 0.25) is 0 Å². The number of sulfonamides is 1. The van der Waals surface area contributed by atoms with Gasteiger partial charge in [-0.2, -0.15) is 4.31 Å². The van der Waals surface area contributed by atoms with Crippen LogP contribution in [0.25, 0.3) is 0 Å². The highest BCUT2D eigenvalue weighted by molar-refractivity contribution is 7.89. The SMILES string of the molecule is CCC(C(N)=S)N1CCN(S(=O)(=O)CCOC)CC1. The molecule has 0 bridgehead atoms. The molecule has 0 aromatic rings. The van der Waals surface area contributed by atoms with Crippen LogP contribution in [-0.2, 0) is 14.8 Å². The van der Waals surface area contributed by atoms with E-state index >= 15 is 0 Å². The van der Waals surface area contributed by atoms with E-state index in [2.05, 4.69) is 4.90 Å². The Kier molecular flexibility index (Phi) is 6.61. The summed E-state index contributed by atoms with van der Waals surface area (Å²) in [7, 11) is -1.70. The van der Waals surface area contributed by atoms with E-state index in [0.29, 0.717) is 31.2 Å². The Labute approximate surface area is 120 Å². The number of hydrogen-bond donors (Lipinski definition) is 1. The fourth-order valence-corrected chi connectivity index (χ4v) is 3.92. The quantitative estimate of drug-likeness (QED) is 0.648. The average Bonchev–Trinajstić information content (AvgIpc) is 2.37. The molecule has 2 N–H and O–H groups in total. The van der Waals surface area contributed by atoms with E-state index in [0.717, 1.165) is 6.42 Å². The van der Waals surface area contributed by atoms with Crippen molar-refractivity contribution in [3.63, 3.8) is 0 Å². The zero-order valence-corrected chi connectivity index (χ0v) is 13.2. The molecular weight excluding hydrogens is 286 g/mol. The predicted octanol–water partition coefficient (Wildman–Crippen LogP) is -0.355. The summed E-state index contributed by atoms with van der Waals surface area (Å²) < 4.78 is 30.4. The number of nitrogens with two attached hydrogens (primary N) is 1. The number of ether oxygens (including phenoxy) is 1. The fraction of sp³-hybridized carbons (Fsp3) is 0.909. The molecule has 1 aliphatic rings. The third kappa shape index (κ3) is 4.64. The lowest BCUT2D eigenvalue weighted by molar-refractivity contribution is 0.163. The van der Waals surface area contributed by atoms with Gasteiger partial charge in [-0.15, -0.1) is 0 Å². The Balaban J connectivity index is 2.55. The number of rotatable bonds is 7. The van der Waals surface area contributed by atoms with Gasteiger partial charge in [-0.3, -0.25) is 4.90 Å². The standard InChI is InChI=1S/C11H23N3O3S2/c1-3-10(11(12)18)13-4-6-14(7-5-13)19(15,16)9-8-17-2/h10H,3-9H2,1-2H3,(H2,12,18). The first-order valence-electron chi connectivity index (χ1n) is 6.42. The number of piperazine rings is 1. The minimum atomic E-state index is -3.20. The molecule has 1 atom stereocenters. The topological polar surface area (TPSA) is 75.9 Å². The summed E-state index contributed by atoms with van der Waals surface area (Å²) in [5.74, 6) is 0.0377. The van der Waals surface area contributed by atoms with Crippen LogP contribution in [0, 0.1) is 0 Å². The molecule has 1 aliphatic heterocycles. The minimum Gasteiger partial charge on any atom is -0.392 e. The number of nitrogens with zero attached hydrogens (tertiary/aromatic N) is 2. The van der Waals surface area contributed by atoms with Crippen molar-refractivity contribution in [2.24, 2.45) is 5.73 Å². The molecule has 0 saturated carbocycles. The van der Waals surface area contributed by atoms with E-state index < -0.39 is 10.0 Å². The Bertz CT molecular complexity index is 392. The van der Waals surface area contributed by atoms with Crippen molar-refractivity contribution in [2.45, 2.75) is 19.4 Å². The Morgan fingerprint density at radius 3 is 2.37 bits per heavy atom. The second kappa shape index (κ2) is 7.49. The maximum absolute atomic E-state index is 12.0. The molecular formula is C11H23N3O3S2. The second-order valence-electron chi connectivity index (χ2n) is 4.57. The van der Waals surface area contributed by atoms with Crippen molar-refractivity contribution in [3.05, 3.63) is 0 Å². The zero-order valence-electron chi connectivity index (χ0n) is 11.5. The third-order valence-corrected chi connectivity index (χ3v) is 5.47. The zero-order chi connectivity index (χ0) is 14.5. The van der Waals surface area contributed by atoms with Gasteiger partial charge < -0.3 is 10.5 Å². The summed E-state index contributed by atoms with van der Waals surface area (Å²) in [6.07, 6.45) is 0.853. The van der Waals surface area contributed by atoms with Gasteiger partial charge in [0.2, 0.25) is 10.0 Å². The van der Waals surface area contributed by atoms with Crippen molar-refractivity contribution in [2.75, 3.05) is 45.6 Å². The lowest BCUT2D eigenvalue weighted by atomic mass is 10.1.